The number of fused-ring (bicyclic) bond motifs is 1. The molecule has 2 bridgehead atoms. The van der Waals surface area contributed by atoms with Gasteiger partial charge in [-0.1, -0.05) is 31.4 Å². The zero-order chi connectivity index (χ0) is 24.3. The summed E-state index contributed by atoms with van der Waals surface area (Å²) in [6, 6.07) is 6.34. The largest absolute Gasteiger partial charge is 0.396 e. The van der Waals surface area contributed by atoms with Crippen LogP contribution in [0.3, 0.4) is 0 Å². The maximum atomic E-state index is 13.8. The zero-order valence-corrected chi connectivity index (χ0v) is 21.2. The van der Waals surface area contributed by atoms with Crippen molar-refractivity contribution in [2.24, 2.45) is 11.8 Å². The maximum Gasteiger partial charge on any atom is 0.248 e. The van der Waals surface area contributed by atoms with E-state index in [1.807, 2.05) is 6.92 Å². The van der Waals surface area contributed by atoms with Crippen LogP contribution >= 0.6 is 23.4 Å². The van der Waals surface area contributed by atoms with Crippen molar-refractivity contribution in [1.29, 1.82) is 0 Å². The van der Waals surface area contributed by atoms with Crippen molar-refractivity contribution in [3.63, 3.8) is 0 Å². The Morgan fingerprint density at radius 2 is 1.91 bits per heavy atom. The minimum absolute atomic E-state index is 0.0547. The summed E-state index contributed by atoms with van der Waals surface area (Å²) in [6.45, 7) is 3.24. The highest BCUT2D eigenvalue weighted by atomic mass is 35.5. The molecule has 3 saturated heterocycles. The average Bonchev–Trinajstić information content (AvgIpc) is 3.46. The molecule has 5 atom stereocenters. The average molecular weight is 508 g/mol. The van der Waals surface area contributed by atoms with Crippen LogP contribution in [0, 0.1) is 11.8 Å². The van der Waals surface area contributed by atoms with Crippen LogP contribution in [0.1, 0.15) is 51.9 Å². The maximum absolute atomic E-state index is 13.8. The number of nitrogens with one attached hydrogen (secondary N) is 2. The number of hydrogen-bond donors (Lipinski definition) is 3. The van der Waals surface area contributed by atoms with Crippen LogP contribution < -0.4 is 10.6 Å². The summed E-state index contributed by atoms with van der Waals surface area (Å²) in [5.74, 6) is -1.17. The third-order valence-corrected chi connectivity index (χ3v) is 9.52. The lowest BCUT2D eigenvalue weighted by molar-refractivity contribution is -0.139. The summed E-state index contributed by atoms with van der Waals surface area (Å²) in [5.41, 5.74) is 0.638. The number of likely N-dealkylation sites (tertiary alicyclic amines) is 1. The molecule has 0 aromatic heterocycles. The number of benzene rings is 1. The van der Waals surface area contributed by atoms with Gasteiger partial charge in [0.1, 0.15) is 6.04 Å². The predicted octanol–water partition coefficient (Wildman–Crippen LogP) is 3.45. The van der Waals surface area contributed by atoms with Crippen molar-refractivity contribution in [2.45, 2.75) is 67.9 Å². The molecule has 1 spiro atoms. The monoisotopic (exact) mass is 507 g/mol. The van der Waals surface area contributed by atoms with E-state index in [0.29, 0.717) is 23.8 Å². The highest BCUT2D eigenvalue weighted by Crippen LogP contribution is 2.66. The summed E-state index contributed by atoms with van der Waals surface area (Å²) < 4.78 is -0.572. The Morgan fingerprint density at radius 1 is 1.18 bits per heavy atom. The van der Waals surface area contributed by atoms with Crippen molar-refractivity contribution in [3.8, 4) is 0 Å². The van der Waals surface area contributed by atoms with Crippen molar-refractivity contribution in [1.82, 2.24) is 10.2 Å². The molecule has 4 rings (SSSR count). The number of halogens is 1. The van der Waals surface area contributed by atoms with Gasteiger partial charge in [-0.25, -0.2) is 0 Å². The lowest BCUT2D eigenvalue weighted by Gasteiger charge is -2.34. The smallest absolute Gasteiger partial charge is 0.248 e. The minimum atomic E-state index is -0.613. The molecule has 3 N–H and O–H groups in total. The highest BCUT2D eigenvalue weighted by Gasteiger charge is 2.73. The van der Waals surface area contributed by atoms with Gasteiger partial charge in [0, 0.05) is 35.7 Å². The molecule has 3 amide bonds. The van der Waals surface area contributed by atoms with Gasteiger partial charge in [-0.15, -0.1) is 11.8 Å². The van der Waals surface area contributed by atoms with Gasteiger partial charge in [-0.05, 0) is 56.4 Å². The highest BCUT2D eigenvalue weighted by molar-refractivity contribution is 8.02. The lowest BCUT2D eigenvalue weighted by atomic mass is 9.70. The van der Waals surface area contributed by atoms with Gasteiger partial charge in [-0.2, -0.15) is 0 Å². The van der Waals surface area contributed by atoms with E-state index in [2.05, 4.69) is 10.6 Å². The van der Waals surface area contributed by atoms with E-state index in [0.717, 1.165) is 44.9 Å². The van der Waals surface area contributed by atoms with Gasteiger partial charge in [0.05, 0.1) is 16.6 Å². The summed E-state index contributed by atoms with van der Waals surface area (Å²) in [5, 5.41) is 15.7. The first kappa shape index (κ1) is 25.3. The number of carbonyl (C=O) groups excluding carboxylic acids is 3. The third-order valence-electron chi connectivity index (χ3n) is 7.32. The molecule has 0 radical (unpaired) electrons. The topological polar surface area (TPSA) is 98.7 Å². The molecule has 0 saturated carbocycles. The van der Waals surface area contributed by atoms with Crippen molar-refractivity contribution in [3.05, 3.63) is 29.3 Å². The number of unbranched alkanes of at least 4 members (excludes halogenated alkanes) is 3. The van der Waals surface area contributed by atoms with E-state index in [1.165, 1.54) is 0 Å². The Labute approximate surface area is 210 Å². The summed E-state index contributed by atoms with van der Waals surface area (Å²) in [6.07, 6.45) is 5.70. The second-order valence-corrected chi connectivity index (χ2v) is 11.6. The number of rotatable bonds is 11. The Bertz CT molecular complexity index is 914. The second-order valence-electron chi connectivity index (χ2n) is 9.51. The SMILES string of the molecule is CCCNC(=O)[C@@H]1[C@@H]2CCC3(S2)C(C(=O)Nc2ccc(Cl)cc2)N(CCCCCCO)C(=O)[C@H]13. The number of aliphatic hydroxyl groups excluding tert-OH is 1. The quantitative estimate of drug-likeness (QED) is 0.398. The third kappa shape index (κ3) is 4.69. The number of amides is 3. The molecule has 9 heteroatoms. The summed E-state index contributed by atoms with van der Waals surface area (Å²) in [7, 11) is 0. The molecular weight excluding hydrogens is 474 g/mol. The van der Waals surface area contributed by atoms with E-state index < -0.39 is 16.7 Å². The van der Waals surface area contributed by atoms with E-state index >= 15 is 0 Å². The molecule has 34 heavy (non-hydrogen) atoms. The number of aliphatic hydroxyl groups is 1. The normalized spacial score (nSPS) is 29.4. The lowest BCUT2D eigenvalue weighted by Crippen LogP contribution is -2.51. The fraction of sp³-hybridized carbons (Fsp3) is 0.640. The minimum Gasteiger partial charge on any atom is -0.396 e. The van der Waals surface area contributed by atoms with E-state index in [4.69, 9.17) is 16.7 Å². The Kier molecular flexibility index (Phi) is 8.10. The molecule has 3 fully saturated rings. The Balaban J connectivity index is 1.59. The molecular formula is C25H34ClN3O4S. The summed E-state index contributed by atoms with van der Waals surface area (Å²) in [4.78, 5) is 42.3. The Morgan fingerprint density at radius 3 is 2.62 bits per heavy atom. The van der Waals surface area contributed by atoms with Crippen LogP contribution in [-0.2, 0) is 14.4 Å². The van der Waals surface area contributed by atoms with Crippen molar-refractivity contribution >= 4 is 46.8 Å². The van der Waals surface area contributed by atoms with Crippen LogP contribution in [0.25, 0.3) is 0 Å². The zero-order valence-electron chi connectivity index (χ0n) is 19.6. The first-order chi connectivity index (χ1) is 16.4. The number of anilines is 1. The van der Waals surface area contributed by atoms with Crippen LogP contribution in [-0.4, -0.2) is 63.5 Å². The predicted molar refractivity (Wildman–Crippen MR) is 135 cm³/mol. The van der Waals surface area contributed by atoms with Crippen LogP contribution in [0.15, 0.2) is 24.3 Å². The first-order valence-corrected chi connectivity index (χ1v) is 13.6. The molecule has 7 nitrogen and oxygen atoms in total. The molecule has 0 aliphatic carbocycles. The van der Waals surface area contributed by atoms with Gasteiger partial charge < -0.3 is 20.6 Å². The molecule has 2 unspecified atom stereocenters. The fourth-order valence-corrected chi connectivity index (χ4v) is 8.20. The molecule has 3 heterocycles. The van der Waals surface area contributed by atoms with Gasteiger partial charge in [-0.3, -0.25) is 14.4 Å². The van der Waals surface area contributed by atoms with Gasteiger partial charge in [0.15, 0.2) is 0 Å². The fourth-order valence-electron chi connectivity index (χ4n) is 5.85. The van der Waals surface area contributed by atoms with Crippen LogP contribution in [0.4, 0.5) is 5.69 Å². The first-order valence-electron chi connectivity index (χ1n) is 12.4. The molecule has 3 aliphatic heterocycles. The molecule has 186 valence electrons. The van der Waals surface area contributed by atoms with Crippen molar-refractivity contribution < 1.29 is 19.5 Å². The molecule has 3 aliphatic rings. The number of hydrogen-bond acceptors (Lipinski definition) is 5. The number of thioether (sulfide) groups is 1. The van der Waals surface area contributed by atoms with E-state index in [9.17, 15) is 14.4 Å². The summed E-state index contributed by atoms with van der Waals surface area (Å²) >= 11 is 7.68. The van der Waals surface area contributed by atoms with Crippen LogP contribution in [0.2, 0.25) is 5.02 Å². The van der Waals surface area contributed by atoms with Crippen molar-refractivity contribution in [2.75, 3.05) is 25.0 Å². The van der Waals surface area contributed by atoms with Crippen LogP contribution in [0.5, 0.6) is 0 Å². The van der Waals surface area contributed by atoms with Gasteiger partial charge in [0.25, 0.3) is 0 Å². The van der Waals surface area contributed by atoms with E-state index in [-0.39, 0.29) is 35.5 Å². The second kappa shape index (κ2) is 10.9. The number of carbonyl (C=O) groups is 3. The molecule has 1 aromatic carbocycles. The van der Waals surface area contributed by atoms with Gasteiger partial charge in [0.2, 0.25) is 17.7 Å². The Hall–Kier alpha value is -1.77. The standard InChI is InChI=1S/C25H34ClN3O4S/c1-2-13-27-22(31)19-18-11-12-25(34-18)20(19)24(33)29(14-5-3-4-6-15-30)21(25)23(32)28-17-9-7-16(26)8-10-17/h7-10,18-21,30H,2-6,11-15H2,1H3,(H,27,31)(H,28,32)/t18-,19+,20-,21?,25?/m0/s1. The van der Waals surface area contributed by atoms with E-state index in [1.54, 1.807) is 40.9 Å². The number of nitrogens with zero attached hydrogens (tertiary/aromatic N) is 1. The van der Waals surface area contributed by atoms with Gasteiger partial charge >= 0.3 is 0 Å². The molecule has 1 aromatic rings.